The van der Waals surface area contributed by atoms with Crippen molar-refractivity contribution < 1.29 is 41.9 Å². The average molecular weight is 875 g/mol. The zero-order valence-corrected chi connectivity index (χ0v) is 36.3. The highest BCUT2D eigenvalue weighted by molar-refractivity contribution is 7.90. The maximum Gasteiger partial charge on any atom is 0.408 e. The van der Waals surface area contributed by atoms with Crippen LogP contribution in [0.1, 0.15) is 44.7 Å². The zero-order chi connectivity index (χ0) is 45.7. The number of amides is 5. The normalized spacial score (nSPS) is 19.7. The summed E-state index contributed by atoms with van der Waals surface area (Å²) in [6.45, 7) is 11.8. The third kappa shape index (κ3) is 10.6. The summed E-state index contributed by atoms with van der Waals surface area (Å²) in [7, 11) is -2.84. The number of carbonyl (C=O) groups excluding carboxylic acids is 5. The molecule has 1 saturated carbocycles. The zero-order valence-electron chi connectivity index (χ0n) is 35.5. The maximum absolute atomic E-state index is 14.7. The Morgan fingerprint density at radius 1 is 1.03 bits per heavy atom. The van der Waals surface area contributed by atoms with Crippen LogP contribution in [0, 0.1) is 24.2 Å². The molecule has 3 aromatic carbocycles. The number of rotatable bonds is 15. The van der Waals surface area contributed by atoms with Crippen molar-refractivity contribution in [2.45, 2.75) is 68.2 Å². The molecule has 1 aliphatic heterocycles. The smallest absolute Gasteiger partial charge is 0.408 e. The number of fused-ring (bicyclic) bond motifs is 1. The molecule has 4 aromatic rings. The number of sulfonamides is 1. The number of hydrogen-bond acceptors (Lipinski definition) is 10. The molecule has 0 unspecified atom stereocenters. The number of alkyl carbamates (subject to hydrolysis) is 1. The van der Waals surface area contributed by atoms with E-state index < -0.39 is 68.9 Å². The summed E-state index contributed by atoms with van der Waals surface area (Å²) in [5.41, 5.74) is 0.916. The summed E-state index contributed by atoms with van der Waals surface area (Å²) < 4.78 is 39.8. The largest absolute Gasteiger partial charge is 0.497 e. The van der Waals surface area contributed by atoms with Crippen molar-refractivity contribution in [2.75, 3.05) is 20.2 Å². The van der Waals surface area contributed by atoms with Crippen LogP contribution in [0.5, 0.6) is 5.75 Å². The number of hydrogen-bond donors (Lipinski definition) is 4. The van der Waals surface area contributed by atoms with E-state index in [1.165, 1.54) is 35.2 Å². The fourth-order valence-electron chi connectivity index (χ4n) is 7.67. The predicted octanol–water partition coefficient (Wildman–Crippen LogP) is 4.41. The van der Waals surface area contributed by atoms with Gasteiger partial charge in [-0.15, -0.1) is 13.0 Å². The molecule has 6 rings (SSSR count). The fraction of sp³-hybridized carbons (Fsp3) is 0.319. The summed E-state index contributed by atoms with van der Waals surface area (Å²) in [4.78, 5) is 74.7. The number of likely N-dealkylation sites (tertiary alicyclic amines) is 1. The number of carbonyl (C=O) groups is 5. The number of nitrogens with one attached hydrogen (secondary N) is 4. The number of methoxy groups -OCH3 is 1. The van der Waals surface area contributed by atoms with E-state index in [1.807, 2.05) is 54.6 Å². The molecule has 2 fully saturated rings. The van der Waals surface area contributed by atoms with E-state index in [9.17, 15) is 32.4 Å². The molecule has 63 heavy (non-hydrogen) atoms. The van der Waals surface area contributed by atoms with Gasteiger partial charge in [0, 0.05) is 41.6 Å². The number of benzene rings is 3. The Hall–Kier alpha value is -6.99. The average Bonchev–Trinajstić information content (AvgIpc) is 3.82. The Kier molecular flexibility index (Phi) is 13.4. The van der Waals surface area contributed by atoms with Gasteiger partial charge in [0.2, 0.25) is 17.7 Å². The first-order chi connectivity index (χ1) is 29.9. The minimum atomic E-state index is -4.40. The number of pyridine rings is 1. The van der Waals surface area contributed by atoms with Crippen LogP contribution < -0.4 is 25.4 Å². The lowest BCUT2D eigenvalue weighted by Crippen LogP contribution is -2.59. The lowest BCUT2D eigenvalue weighted by atomic mass is 9.93. The topological polar surface area (TPSA) is 202 Å². The van der Waals surface area contributed by atoms with Crippen LogP contribution >= 0.6 is 0 Å². The standard InChI is InChI=1S/C47H50N6O9S/c1-8-29-16-19-35(20-17-29)63(59,60)52-44(57)47(26-33(47)9-2)51-42(55)40-23-30(28-53(40)43(56)39(27-48-41(54)10-3)50-45(58)62-46(4,5)6)22-32-24-37(31-14-12-11-13-15-31)49-38-25-34(61-7)18-21-36(32)38/h1,9-21,24-25,30,33,39-40H,2-3,22-23,26-28H2,4-7H3,(H,48,54)(H,50,58)(H,51,55)(H,52,57)/t30-,33-,39+,40+,47-/m1/s1. The Labute approximate surface area is 366 Å². The van der Waals surface area contributed by atoms with E-state index >= 15 is 0 Å². The molecule has 0 bridgehead atoms. The van der Waals surface area contributed by atoms with Gasteiger partial charge in [-0.25, -0.2) is 22.9 Å². The molecule has 0 radical (unpaired) electrons. The lowest BCUT2D eigenvalue weighted by Gasteiger charge is -2.30. The van der Waals surface area contributed by atoms with Crippen LogP contribution in [0.25, 0.3) is 22.2 Å². The van der Waals surface area contributed by atoms with Crippen molar-refractivity contribution in [3.8, 4) is 29.4 Å². The van der Waals surface area contributed by atoms with Crippen molar-refractivity contribution >= 4 is 50.6 Å². The summed E-state index contributed by atoms with van der Waals surface area (Å²) in [6.07, 6.45) is 7.45. The first kappa shape index (κ1) is 45.5. The maximum atomic E-state index is 14.7. The van der Waals surface area contributed by atoms with Crippen LogP contribution in [-0.2, 0) is 40.4 Å². The Morgan fingerprint density at radius 2 is 1.75 bits per heavy atom. The van der Waals surface area contributed by atoms with E-state index in [1.54, 1.807) is 27.9 Å². The molecule has 1 saturated heterocycles. The van der Waals surface area contributed by atoms with E-state index in [-0.39, 0.29) is 36.7 Å². The third-order valence-electron chi connectivity index (χ3n) is 10.9. The van der Waals surface area contributed by atoms with Gasteiger partial charge in [0.25, 0.3) is 15.9 Å². The number of ether oxygens (including phenoxy) is 2. The van der Waals surface area contributed by atoms with E-state index in [2.05, 4.69) is 39.8 Å². The van der Waals surface area contributed by atoms with Crippen LogP contribution in [0.3, 0.4) is 0 Å². The molecular formula is C47H50N6O9S. The Morgan fingerprint density at radius 3 is 2.37 bits per heavy atom. The number of aromatic nitrogens is 1. The highest BCUT2D eigenvalue weighted by Crippen LogP contribution is 2.45. The second-order valence-electron chi connectivity index (χ2n) is 16.5. The van der Waals surface area contributed by atoms with E-state index in [0.29, 0.717) is 28.9 Å². The number of nitrogens with zero attached hydrogens (tertiary/aromatic N) is 2. The molecule has 0 spiro atoms. The molecule has 2 heterocycles. The van der Waals surface area contributed by atoms with Gasteiger partial charge in [-0.1, -0.05) is 48.9 Å². The van der Waals surface area contributed by atoms with Gasteiger partial charge in [-0.3, -0.25) is 19.2 Å². The van der Waals surface area contributed by atoms with Crippen LogP contribution in [-0.4, -0.2) is 91.4 Å². The SMILES string of the molecule is C#Cc1ccc(S(=O)(=O)NC(=O)[C@@]2(NC(=O)[C@@H]3C[C@@H](Cc4cc(-c5ccccc5)nc5cc(OC)ccc45)CN3C(=O)[C@H](CNC(=O)C=C)NC(=O)OC(C)(C)C)C[C@H]2C=C)cc1. The highest BCUT2D eigenvalue weighted by atomic mass is 32.2. The van der Waals surface area contributed by atoms with Gasteiger partial charge in [-0.2, -0.15) is 0 Å². The minimum Gasteiger partial charge on any atom is -0.497 e. The molecule has 4 N–H and O–H groups in total. The molecule has 1 aliphatic carbocycles. The second kappa shape index (κ2) is 18.5. The summed E-state index contributed by atoms with van der Waals surface area (Å²) in [6, 6.07) is 19.9. The van der Waals surface area contributed by atoms with E-state index in [0.717, 1.165) is 22.6 Å². The molecule has 5 atom stereocenters. The van der Waals surface area contributed by atoms with Crippen molar-refractivity contribution in [1.82, 2.24) is 30.6 Å². The van der Waals surface area contributed by atoms with Crippen molar-refractivity contribution in [3.05, 3.63) is 115 Å². The van der Waals surface area contributed by atoms with Crippen molar-refractivity contribution in [2.24, 2.45) is 11.8 Å². The molecule has 1 aromatic heterocycles. The van der Waals surface area contributed by atoms with Gasteiger partial charge >= 0.3 is 6.09 Å². The molecule has 2 aliphatic rings. The molecule has 15 nitrogen and oxygen atoms in total. The van der Waals surface area contributed by atoms with Crippen molar-refractivity contribution in [1.29, 1.82) is 0 Å². The fourth-order valence-corrected chi connectivity index (χ4v) is 8.71. The first-order valence-electron chi connectivity index (χ1n) is 20.2. The van der Waals surface area contributed by atoms with Crippen molar-refractivity contribution in [3.63, 3.8) is 0 Å². The molecule has 16 heteroatoms. The summed E-state index contributed by atoms with van der Waals surface area (Å²) in [5.74, 6) is -1.04. The van der Waals surface area contributed by atoms with Crippen LogP contribution in [0.2, 0.25) is 0 Å². The monoisotopic (exact) mass is 874 g/mol. The van der Waals surface area contributed by atoms with Gasteiger partial charge < -0.3 is 30.3 Å². The highest BCUT2D eigenvalue weighted by Gasteiger charge is 2.61. The summed E-state index contributed by atoms with van der Waals surface area (Å²) >= 11 is 0. The molecule has 5 amide bonds. The third-order valence-corrected chi connectivity index (χ3v) is 12.3. The predicted molar refractivity (Wildman–Crippen MR) is 236 cm³/mol. The summed E-state index contributed by atoms with van der Waals surface area (Å²) in [5, 5.41) is 8.71. The van der Waals surface area contributed by atoms with Gasteiger partial charge in [0.1, 0.15) is 29.0 Å². The quantitative estimate of drug-likeness (QED) is 0.0753. The van der Waals surface area contributed by atoms with Crippen LogP contribution in [0.15, 0.2) is 109 Å². The second-order valence-corrected chi connectivity index (χ2v) is 18.2. The van der Waals surface area contributed by atoms with Crippen LogP contribution in [0.4, 0.5) is 4.79 Å². The van der Waals surface area contributed by atoms with Gasteiger partial charge in [-0.05, 0) is 100 Å². The molecular weight excluding hydrogens is 825 g/mol. The first-order valence-corrected chi connectivity index (χ1v) is 21.7. The lowest BCUT2D eigenvalue weighted by molar-refractivity contribution is -0.141. The Balaban J connectivity index is 1.35. The molecule has 328 valence electrons. The minimum absolute atomic E-state index is 0.0194. The Bertz CT molecular complexity index is 2600. The number of terminal acetylenes is 1. The van der Waals surface area contributed by atoms with E-state index in [4.69, 9.17) is 20.9 Å². The van der Waals surface area contributed by atoms with Gasteiger partial charge in [0.15, 0.2) is 0 Å². The van der Waals surface area contributed by atoms with Gasteiger partial charge in [0.05, 0.1) is 23.2 Å².